The second-order valence-corrected chi connectivity index (χ2v) is 10.8. The summed E-state index contributed by atoms with van der Waals surface area (Å²) in [7, 11) is -3.24. The van der Waals surface area contributed by atoms with Gasteiger partial charge >= 0.3 is 0 Å². The zero-order chi connectivity index (χ0) is 19.2. The van der Waals surface area contributed by atoms with Crippen LogP contribution < -0.4 is 0 Å². The van der Waals surface area contributed by atoms with Crippen LogP contribution in [-0.4, -0.2) is 24.8 Å². The highest BCUT2D eigenvalue weighted by atomic mass is 32.2. The number of H-pyrrole nitrogens is 1. The molecule has 138 valence electrons. The van der Waals surface area contributed by atoms with Gasteiger partial charge in [0.2, 0.25) is 0 Å². The third kappa shape index (κ3) is 4.46. The highest BCUT2D eigenvalue weighted by molar-refractivity contribution is 7.90. The van der Waals surface area contributed by atoms with E-state index in [2.05, 4.69) is 46.5 Å². The van der Waals surface area contributed by atoms with Gasteiger partial charge in [-0.15, -0.1) is 0 Å². The maximum Gasteiger partial charge on any atom is 0.190 e. The summed E-state index contributed by atoms with van der Waals surface area (Å²) >= 11 is 0. The van der Waals surface area contributed by atoms with Crippen molar-refractivity contribution in [3.8, 4) is 5.75 Å². The lowest BCUT2D eigenvalue weighted by Gasteiger charge is -2.28. The first-order chi connectivity index (χ1) is 11.2. The summed E-state index contributed by atoms with van der Waals surface area (Å²) in [5.74, 6) is 0.356. The van der Waals surface area contributed by atoms with Gasteiger partial charge in [0.15, 0.2) is 9.84 Å². The fraction of sp³-hybridized carbons (Fsp3) is 0.500. The van der Waals surface area contributed by atoms with Gasteiger partial charge in [-0.25, -0.2) is 8.42 Å². The van der Waals surface area contributed by atoms with Gasteiger partial charge in [0.25, 0.3) is 0 Å². The van der Waals surface area contributed by atoms with Gasteiger partial charge in [-0.1, -0.05) is 53.7 Å². The van der Waals surface area contributed by atoms with E-state index in [0.29, 0.717) is 12.2 Å². The second-order valence-electron chi connectivity index (χ2n) is 8.86. The van der Waals surface area contributed by atoms with Crippen molar-refractivity contribution in [1.82, 2.24) is 4.98 Å². The van der Waals surface area contributed by atoms with Crippen molar-refractivity contribution >= 4 is 9.84 Å². The van der Waals surface area contributed by atoms with Crippen LogP contribution in [0.5, 0.6) is 5.75 Å². The summed E-state index contributed by atoms with van der Waals surface area (Å²) in [5, 5.41) is 11.0. The number of sulfone groups is 1. The topological polar surface area (TPSA) is 70.2 Å². The Morgan fingerprint density at radius 3 is 1.76 bits per heavy atom. The Balaban J connectivity index is 2.53. The maximum atomic E-state index is 11.7. The van der Waals surface area contributed by atoms with Crippen LogP contribution in [0.3, 0.4) is 0 Å². The molecule has 1 heterocycles. The Hall–Kier alpha value is -1.75. The standard InChI is InChI=1S/C20H29NO3S/c1-19(2,3)15-9-13(10-16(18(15)22)20(4,5)6)8-14-11-17(21-12-14)25(7,23)24/h9-12,21-22H,8H2,1-7H3. The van der Waals surface area contributed by atoms with Crippen LogP contribution in [0.25, 0.3) is 0 Å². The molecule has 0 atom stereocenters. The van der Waals surface area contributed by atoms with E-state index in [1.54, 1.807) is 12.3 Å². The highest BCUT2D eigenvalue weighted by Crippen LogP contribution is 2.40. The van der Waals surface area contributed by atoms with Crippen molar-refractivity contribution in [3.05, 3.63) is 46.6 Å². The summed E-state index contributed by atoms with van der Waals surface area (Å²) in [6, 6.07) is 5.73. The van der Waals surface area contributed by atoms with Crippen molar-refractivity contribution in [1.29, 1.82) is 0 Å². The summed E-state index contributed by atoms with van der Waals surface area (Å²) in [4.78, 5) is 2.83. The van der Waals surface area contributed by atoms with E-state index in [1.807, 2.05) is 12.1 Å². The molecule has 0 aliphatic carbocycles. The number of nitrogens with one attached hydrogen (secondary N) is 1. The number of aromatic hydroxyl groups is 1. The molecule has 2 aromatic rings. The molecule has 0 aliphatic heterocycles. The second kappa shape index (κ2) is 6.20. The molecule has 1 aromatic heterocycles. The largest absolute Gasteiger partial charge is 0.507 e. The number of phenolic OH excluding ortho intramolecular Hbond substituents is 1. The molecule has 0 unspecified atom stereocenters. The van der Waals surface area contributed by atoms with Crippen LogP contribution in [0.2, 0.25) is 0 Å². The minimum absolute atomic E-state index is 0.184. The molecule has 25 heavy (non-hydrogen) atoms. The quantitative estimate of drug-likeness (QED) is 0.854. The molecule has 0 bridgehead atoms. The van der Waals surface area contributed by atoms with Gasteiger partial charge in [0, 0.05) is 12.5 Å². The molecule has 0 aliphatic rings. The average molecular weight is 364 g/mol. The molecular weight excluding hydrogens is 334 g/mol. The first-order valence-corrected chi connectivity index (χ1v) is 10.3. The Morgan fingerprint density at radius 2 is 1.40 bits per heavy atom. The van der Waals surface area contributed by atoms with E-state index in [4.69, 9.17) is 0 Å². The molecule has 4 nitrogen and oxygen atoms in total. The third-order valence-electron chi connectivity index (χ3n) is 4.31. The number of phenols is 1. The lowest BCUT2D eigenvalue weighted by atomic mass is 9.78. The molecule has 2 N–H and O–H groups in total. The van der Waals surface area contributed by atoms with E-state index in [1.165, 1.54) is 6.26 Å². The van der Waals surface area contributed by atoms with Crippen molar-refractivity contribution in [2.75, 3.05) is 6.26 Å². The molecule has 0 spiro atoms. The predicted molar refractivity (Wildman–Crippen MR) is 102 cm³/mol. The fourth-order valence-electron chi connectivity index (χ4n) is 2.91. The monoisotopic (exact) mass is 363 g/mol. The van der Waals surface area contributed by atoms with Crippen LogP contribution in [0.15, 0.2) is 29.4 Å². The fourth-order valence-corrected chi connectivity index (χ4v) is 3.55. The van der Waals surface area contributed by atoms with Crippen molar-refractivity contribution < 1.29 is 13.5 Å². The molecule has 0 saturated heterocycles. The first-order valence-electron chi connectivity index (χ1n) is 8.44. The van der Waals surface area contributed by atoms with Gasteiger partial charge < -0.3 is 10.1 Å². The smallest absolute Gasteiger partial charge is 0.190 e. The van der Waals surface area contributed by atoms with Gasteiger partial charge in [-0.3, -0.25) is 0 Å². The van der Waals surface area contributed by atoms with Gasteiger partial charge in [0.1, 0.15) is 10.8 Å². The number of benzene rings is 1. The molecule has 2 rings (SSSR count). The summed E-state index contributed by atoms with van der Waals surface area (Å²) in [5.41, 5.74) is 3.42. The lowest BCUT2D eigenvalue weighted by molar-refractivity contribution is 0.423. The number of hydrogen-bond donors (Lipinski definition) is 2. The first kappa shape index (κ1) is 19.6. The number of rotatable bonds is 3. The van der Waals surface area contributed by atoms with Crippen molar-refractivity contribution in [3.63, 3.8) is 0 Å². The highest BCUT2D eigenvalue weighted by Gasteiger charge is 2.26. The zero-order valence-corrected chi connectivity index (χ0v) is 17.0. The molecule has 1 aromatic carbocycles. The van der Waals surface area contributed by atoms with Gasteiger partial charge in [-0.2, -0.15) is 0 Å². The van der Waals surface area contributed by atoms with Crippen LogP contribution in [0.1, 0.15) is 63.8 Å². The number of hydrogen-bond acceptors (Lipinski definition) is 3. The van der Waals surface area contributed by atoms with Crippen LogP contribution in [-0.2, 0) is 27.1 Å². The van der Waals surface area contributed by atoms with Crippen LogP contribution in [0, 0.1) is 0 Å². The Morgan fingerprint density at radius 1 is 0.920 bits per heavy atom. The summed E-state index contributed by atoms with van der Waals surface area (Å²) < 4.78 is 23.3. The Kier molecular flexibility index (Phi) is 4.86. The van der Waals surface area contributed by atoms with E-state index >= 15 is 0 Å². The molecule has 0 saturated carbocycles. The minimum Gasteiger partial charge on any atom is -0.507 e. The van der Waals surface area contributed by atoms with Crippen LogP contribution >= 0.6 is 0 Å². The molecule has 5 heteroatoms. The minimum atomic E-state index is -3.24. The summed E-state index contributed by atoms with van der Waals surface area (Å²) in [6.45, 7) is 12.5. The molecule has 0 amide bonds. The van der Waals surface area contributed by atoms with Gasteiger partial charge in [0.05, 0.1) is 0 Å². The van der Waals surface area contributed by atoms with Crippen molar-refractivity contribution in [2.24, 2.45) is 0 Å². The SMILES string of the molecule is CC(C)(C)c1cc(Cc2c[nH]c(S(C)(=O)=O)c2)cc(C(C)(C)C)c1O. The average Bonchev–Trinajstić information content (AvgIpc) is 2.86. The number of aromatic amines is 1. The summed E-state index contributed by atoms with van der Waals surface area (Å²) in [6.07, 6.45) is 3.54. The van der Waals surface area contributed by atoms with E-state index < -0.39 is 9.84 Å². The molecular formula is C20H29NO3S. The van der Waals surface area contributed by atoms with E-state index in [9.17, 15) is 13.5 Å². The normalized spacial score (nSPS) is 13.2. The predicted octanol–water partition coefficient (Wildman–Crippen LogP) is 4.31. The van der Waals surface area contributed by atoms with E-state index in [-0.39, 0.29) is 15.9 Å². The maximum absolute atomic E-state index is 11.7. The van der Waals surface area contributed by atoms with Crippen LogP contribution in [0.4, 0.5) is 0 Å². The lowest BCUT2D eigenvalue weighted by Crippen LogP contribution is -2.18. The van der Waals surface area contributed by atoms with Gasteiger partial charge in [-0.05, 0) is 45.6 Å². The Bertz CT molecular complexity index is 843. The Labute approximate surface area is 151 Å². The van der Waals surface area contributed by atoms with Crippen molar-refractivity contribution in [2.45, 2.75) is 63.8 Å². The molecule has 0 fully saturated rings. The van der Waals surface area contributed by atoms with E-state index in [0.717, 1.165) is 22.3 Å². The third-order valence-corrected chi connectivity index (χ3v) is 5.34. The zero-order valence-electron chi connectivity index (χ0n) is 16.2. The number of aromatic nitrogens is 1. The molecule has 0 radical (unpaired) electrons.